The van der Waals surface area contributed by atoms with Crippen LogP contribution in [0, 0.1) is 12.8 Å². The van der Waals surface area contributed by atoms with Gasteiger partial charge in [0, 0.05) is 37.2 Å². The van der Waals surface area contributed by atoms with Gasteiger partial charge in [-0.1, -0.05) is 59.1 Å². The highest BCUT2D eigenvalue weighted by atomic mass is 35.5. The quantitative estimate of drug-likeness (QED) is 0.112. The second kappa shape index (κ2) is 20.0. The number of amides is 2. The monoisotopic (exact) mass is 857 g/mol. The van der Waals surface area contributed by atoms with Gasteiger partial charge in [-0.25, -0.2) is 4.79 Å². The Hall–Kier alpha value is -3.70. The molecule has 2 fully saturated rings. The number of benzene rings is 3. The van der Waals surface area contributed by atoms with Crippen molar-refractivity contribution in [1.82, 2.24) is 15.1 Å². The number of likely N-dealkylation sites (tertiary alicyclic amines) is 1. The molecule has 2 aliphatic rings. The lowest BCUT2D eigenvalue weighted by Crippen LogP contribution is -2.51. The summed E-state index contributed by atoms with van der Waals surface area (Å²) in [6.45, 7) is 15.8. The van der Waals surface area contributed by atoms with E-state index in [9.17, 15) is 14.4 Å². The van der Waals surface area contributed by atoms with Crippen LogP contribution in [-0.2, 0) is 32.0 Å². The Morgan fingerprint density at radius 1 is 0.810 bits per heavy atom. The van der Waals surface area contributed by atoms with E-state index < -0.39 is 23.2 Å². The Morgan fingerprint density at radius 2 is 1.47 bits per heavy atom. The van der Waals surface area contributed by atoms with Gasteiger partial charge in [0.25, 0.3) is 0 Å². The molecule has 58 heavy (non-hydrogen) atoms. The summed E-state index contributed by atoms with van der Waals surface area (Å²) >= 11 is 19.4. The summed E-state index contributed by atoms with van der Waals surface area (Å²) < 4.78 is 22.9. The topological polar surface area (TPSA) is 107 Å². The zero-order valence-electron chi connectivity index (χ0n) is 34.8. The number of nitrogens with one attached hydrogen (secondary N) is 1. The van der Waals surface area contributed by atoms with Crippen LogP contribution < -0.4 is 14.8 Å². The van der Waals surface area contributed by atoms with Gasteiger partial charge in [0.05, 0.1) is 22.4 Å². The van der Waals surface area contributed by atoms with Crippen molar-refractivity contribution in [3.05, 3.63) is 91.9 Å². The molecule has 1 aliphatic heterocycles. The summed E-state index contributed by atoms with van der Waals surface area (Å²) in [4.78, 5) is 43.9. The fraction of sp³-hybridized carbons (Fsp3) is 0.533. The Morgan fingerprint density at radius 3 is 2.10 bits per heavy atom. The molecule has 0 radical (unpaired) electrons. The van der Waals surface area contributed by atoms with Gasteiger partial charge in [-0.15, -0.1) is 0 Å². The van der Waals surface area contributed by atoms with Crippen LogP contribution in [0.2, 0.25) is 15.1 Å². The van der Waals surface area contributed by atoms with Crippen LogP contribution in [-0.4, -0.2) is 84.4 Å². The first-order valence-electron chi connectivity index (χ1n) is 20.2. The van der Waals surface area contributed by atoms with Gasteiger partial charge in [-0.2, -0.15) is 0 Å². The number of ether oxygens (including phenoxy) is 4. The van der Waals surface area contributed by atoms with Crippen LogP contribution in [0.15, 0.2) is 54.6 Å². The Balaban J connectivity index is 1.26. The van der Waals surface area contributed by atoms with E-state index in [-0.39, 0.29) is 43.6 Å². The molecule has 1 saturated heterocycles. The van der Waals surface area contributed by atoms with E-state index >= 15 is 0 Å². The number of halogens is 3. The fourth-order valence-electron chi connectivity index (χ4n) is 7.05. The number of carbonyl (C=O) groups is 3. The first kappa shape index (κ1) is 45.4. The molecule has 1 heterocycles. The average Bonchev–Trinajstić information content (AvgIpc) is 3.98. The van der Waals surface area contributed by atoms with E-state index in [0.717, 1.165) is 41.5 Å². The van der Waals surface area contributed by atoms with Crippen LogP contribution in [0.25, 0.3) is 0 Å². The van der Waals surface area contributed by atoms with Crippen molar-refractivity contribution >= 4 is 52.8 Å². The van der Waals surface area contributed by atoms with Gasteiger partial charge in [0.1, 0.15) is 30.2 Å². The van der Waals surface area contributed by atoms with Gasteiger partial charge in [0.15, 0.2) is 5.75 Å². The molecular weight excluding hydrogens is 801 g/mol. The molecule has 3 aromatic rings. The van der Waals surface area contributed by atoms with Gasteiger partial charge in [-0.05, 0) is 139 Å². The molecule has 0 unspecified atom stereocenters. The van der Waals surface area contributed by atoms with E-state index in [1.54, 1.807) is 17.0 Å². The number of hydrogen-bond donors (Lipinski definition) is 1. The third kappa shape index (κ3) is 13.7. The summed E-state index contributed by atoms with van der Waals surface area (Å²) in [5.74, 6) is 0.225. The molecule has 1 saturated carbocycles. The van der Waals surface area contributed by atoms with Gasteiger partial charge < -0.3 is 34.1 Å². The lowest BCUT2D eigenvalue weighted by atomic mass is 9.79. The highest BCUT2D eigenvalue weighted by molar-refractivity contribution is 6.37. The molecule has 2 amide bonds. The van der Waals surface area contributed by atoms with Gasteiger partial charge in [0.2, 0.25) is 5.91 Å². The Labute approximate surface area is 358 Å². The van der Waals surface area contributed by atoms with Crippen LogP contribution >= 0.6 is 34.8 Å². The average molecular weight is 859 g/mol. The highest BCUT2D eigenvalue weighted by Crippen LogP contribution is 2.39. The van der Waals surface area contributed by atoms with Gasteiger partial charge in [-0.3, -0.25) is 9.59 Å². The van der Waals surface area contributed by atoms with Gasteiger partial charge >= 0.3 is 12.1 Å². The van der Waals surface area contributed by atoms with Crippen LogP contribution in [0.5, 0.6) is 11.5 Å². The second-order valence-corrected chi connectivity index (χ2v) is 18.4. The summed E-state index contributed by atoms with van der Waals surface area (Å²) in [5.41, 5.74) is 2.73. The zero-order valence-corrected chi connectivity index (χ0v) is 37.1. The first-order valence-corrected chi connectivity index (χ1v) is 21.3. The number of hydrogen-bond acceptors (Lipinski definition) is 8. The minimum atomic E-state index is -0.664. The summed E-state index contributed by atoms with van der Waals surface area (Å²) in [5, 5.41) is 4.83. The van der Waals surface area contributed by atoms with Crippen molar-refractivity contribution < 1.29 is 33.3 Å². The van der Waals surface area contributed by atoms with Crippen molar-refractivity contribution in [2.24, 2.45) is 5.92 Å². The molecule has 0 bridgehead atoms. The zero-order chi connectivity index (χ0) is 42.2. The molecule has 13 heteroatoms. The molecule has 316 valence electrons. The van der Waals surface area contributed by atoms with Crippen LogP contribution in [0.1, 0.15) is 95.4 Å². The normalized spacial score (nSPS) is 17.1. The minimum absolute atomic E-state index is 0.00283. The predicted octanol–water partition coefficient (Wildman–Crippen LogP) is 9.81. The highest BCUT2D eigenvalue weighted by Gasteiger charge is 2.43. The third-order valence-electron chi connectivity index (χ3n) is 9.87. The maximum absolute atomic E-state index is 14.8. The fourth-order valence-corrected chi connectivity index (χ4v) is 7.93. The van der Waals surface area contributed by atoms with E-state index in [0.29, 0.717) is 65.6 Å². The number of piperidine rings is 1. The lowest BCUT2D eigenvalue weighted by Gasteiger charge is -2.40. The first-order chi connectivity index (χ1) is 27.4. The minimum Gasteiger partial charge on any atom is -0.490 e. The summed E-state index contributed by atoms with van der Waals surface area (Å²) in [6.07, 6.45) is 3.02. The number of nitrogens with zero attached hydrogens (tertiary/aromatic N) is 2. The molecule has 2 atom stereocenters. The van der Waals surface area contributed by atoms with Crippen molar-refractivity contribution in [3.8, 4) is 11.5 Å². The maximum Gasteiger partial charge on any atom is 0.410 e. The largest absolute Gasteiger partial charge is 0.490 e. The number of esters is 1. The standard InChI is InChI=1S/C45H58Cl3N3O7/c1-29-24-38(47)41(39(48)25-29)56-23-22-55-34-13-9-31(10-14-34)35-18-21-50(43(54)58-45(5,6)7)28-36(35)42(53)51(33-11-12-33)27-32-26-30(8-15-37(32)46)16-19-49-20-17-40(52)57-44(2,3)4/h8-10,13-15,24-26,33,35-36,49H,11-12,16-23,27-28H2,1-7H3/t35-,36+/m1/s1. The molecule has 0 spiro atoms. The van der Waals surface area contributed by atoms with Crippen molar-refractivity contribution in [2.75, 3.05) is 39.4 Å². The smallest absolute Gasteiger partial charge is 0.410 e. The van der Waals surface area contributed by atoms with Crippen molar-refractivity contribution in [1.29, 1.82) is 0 Å². The van der Waals surface area contributed by atoms with E-state index in [2.05, 4.69) is 11.4 Å². The maximum atomic E-state index is 14.8. The summed E-state index contributed by atoms with van der Waals surface area (Å²) in [6, 6.07) is 17.5. The SMILES string of the molecule is Cc1cc(Cl)c(OCCOc2ccc([C@H]3CCN(C(=O)OC(C)(C)C)C[C@@H]3C(=O)N(Cc3cc(CCNCCC(=O)OC(C)(C)C)ccc3Cl)C3CC3)cc2)c(Cl)c1. The molecule has 5 rings (SSSR count). The predicted molar refractivity (Wildman–Crippen MR) is 229 cm³/mol. The molecular formula is C45H58Cl3N3O7. The number of rotatable bonds is 16. The van der Waals surface area contributed by atoms with E-state index in [4.69, 9.17) is 53.8 Å². The van der Waals surface area contributed by atoms with Crippen LogP contribution in [0.3, 0.4) is 0 Å². The second-order valence-electron chi connectivity index (χ2n) is 17.2. The number of aryl methyl sites for hydroxylation is 1. The van der Waals surface area contributed by atoms with E-state index in [1.165, 1.54) is 0 Å². The van der Waals surface area contributed by atoms with E-state index in [1.807, 2.05) is 89.8 Å². The number of carbonyl (C=O) groups excluding carboxylic acids is 3. The molecule has 3 aromatic carbocycles. The molecule has 0 aromatic heterocycles. The van der Waals surface area contributed by atoms with Crippen molar-refractivity contribution in [3.63, 3.8) is 0 Å². The van der Waals surface area contributed by atoms with Crippen molar-refractivity contribution in [2.45, 2.75) is 110 Å². The Kier molecular flexibility index (Phi) is 15.7. The molecule has 1 aliphatic carbocycles. The summed E-state index contributed by atoms with van der Waals surface area (Å²) in [7, 11) is 0. The third-order valence-corrected chi connectivity index (χ3v) is 10.8. The van der Waals surface area contributed by atoms with Crippen LogP contribution in [0.4, 0.5) is 4.79 Å². The Bertz CT molecular complexity index is 1870. The lowest BCUT2D eigenvalue weighted by molar-refractivity contribution is -0.154. The molecule has 1 N–H and O–H groups in total. The molecule has 10 nitrogen and oxygen atoms in total.